The summed E-state index contributed by atoms with van der Waals surface area (Å²) in [6.45, 7) is 6.45. The maximum atomic E-state index is 7.58. The number of nitrogens with zero attached hydrogens (tertiary/aromatic N) is 2. The predicted octanol–water partition coefficient (Wildman–Crippen LogP) is 2.53. The maximum absolute atomic E-state index is 7.58. The molecule has 3 N–H and O–H groups in total. The van der Waals surface area contributed by atoms with Crippen molar-refractivity contribution in [3.8, 4) is 0 Å². The lowest BCUT2D eigenvalue weighted by molar-refractivity contribution is 0.0274. The van der Waals surface area contributed by atoms with Gasteiger partial charge in [0.15, 0.2) is 0 Å². The van der Waals surface area contributed by atoms with Crippen LogP contribution < -0.4 is 5.73 Å². The second-order valence-corrected chi connectivity index (χ2v) is 7.46. The predicted molar refractivity (Wildman–Crippen MR) is 87.3 cm³/mol. The van der Waals surface area contributed by atoms with Crippen LogP contribution in [-0.4, -0.2) is 55.4 Å². The molecular formula is C16H34N4. The van der Waals surface area contributed by atoms with Gasteiger partial charge in [-0.1, -0.05) is 20.3 Å². The normalized spacial score (nSPS) is 18.4. The minimum Gasteiger partial charge on any atom is -0.387 e. The van der Waals surface area contributed by atoms with E-state index in [-0.39, 0.29) is 5.41 Å². The summed E-state index contributed by atoms with van der Waals surface area (Å²) in [7, 11) is 6.66. The van der Waals surface area contributed by atoms with Gasteiger partial charge in [-0.2, -0.15) is 0 Å². The lowest BCUT2D eigenvalue weighted by atomic mass is 9.75. The Hall–Kier alpha value is -0.610. The number of rotatable bonds is 9. The molecule has 1 aliphatic rings. The summed E-state index contributed by atoms with van der Waals surface area (Å²) in [5.41, 5.74) is 5.90. The molecule has 0 bridgehead atoms. The van der Waals surface area contributed by atoms with E-state index in [1.54, 1.807) is 0 Å². The van der Waals surface area contributed by atoms with E-state index in [2.05, 4.69) is 44.8 Å². The second-order valence-electron chi connectivity index (χ2n) is 7.46. The van der Waals surface area contributed by atoms with Crippen molar-refractivity contribution in [2.24, 2.45) is 11.1 Å². The third-order valence-electron chi connectivity index (χ3n) is 5.12. The lowest BCUT2D eigenvalue weighted by Crippen LogP contribution is -2.56. The van der Waals surface area contributed by atoms with Crippen molar-refractivity contribution in [1.82, 2.24) is 9.80 Å². The van der Waals surface area contributed by atoms with E-state index >= 15 is 0 Å². The number of amidine groups is 1. The molecule has 0 heterocycles. The zero-order valence-electron chi connectivity index (χ0n) is 14.1. The van der Waals surface area contributed by atoms with Crippen molar-refractivity contribution in [3.05, 3.63) is 0 Å². The Morgan fingerprint density at radius 1 is 1.20 bits per heavy atom. The van der Waals surface area contributed by atoms with Gasteiger partial charge < -0.3 is 15.5 Å². The summed E-state index contributed by atoms with van der Waals surface area (Å²) >= 11 is 0. The van der Waals surface area contributed by atoms with E-state index in [0.717, 1.165) is 19.4 Å². The molecule has 0 aromatic rings. The van der Waals surface area contributed by atoms with Crippen LogP contribution in [0, 0.1) is 10.8 Å². The zero-order chi connectivity index (χ0) is 15.4. The van der Waals surface area contributed by atoms with E-state index in [1.807, 2.05) is 0 Å². The Labute approximate surface area is 125 Å². The Balaban J connectivity index is 2.24. The fourth-order valence-corrected chi connectivity index (χ4v) is 3.00. The van der Waals surface area contributed by atoms with Gasteiger partial charge in [0.05, 0.1) is 5.84 Å². The molecule has 1 fully saturated rings. The molecule has 1 aliphatic carbocycles. The molecule has 0 saturated heterocycles. The highest BCUT2D eigenvalue weighted by molar-refractivity contribution is 5.82. The maximum Gasteiger partial charge on any atom is 0.0963 e. The van der Waals surface area contributed by atoms with Crippen molar-refractivity contribution in [2.75, 3.05) is 34.2 Å². The van der Waals surface area contributed by atoms with E-state index < -0.39 is 0 Å². The van der Waals surface area contributed by atoms with Crippen LogP contribution in [0.25, 0.3) is 0 Å². The van der Waals surface area contributed by atoms with Crippen molar-refractivity contribution in [1.29, 1.82) is 5.41 Å². The Kier molecular flexibility index (Phi) is 6.02. The first-order valence-corrected chi connectivity index (χ1v) is 7.90. The quantitative estimate of drug-likeness (QED) is 0.388. The summed E-state index contributed by atoms with van der Waals surface area (Å²) in [5, 5.41) is 7.58. The highest BCUT2D eigenvalue weighted by Gasteiger charge is 2.39. The molecule has 4 nitrogen and oxygen atoms in total. The van der Waals surface area contributed by atoms with Crippen LogP contribution >= 0.6 is 0 Å². The topological polar surface area (TPSA) is 56.4 Å². The largest absolute Gasteiger partial charge is 0.387 e. The van der Waals surface area contributed by atoms with E-state index in [9.17, 15) is 0 Å². The van der Waals surface area contributed by atoms with Crippen molar-refractivity contribution in [3.63, 3.8) is 0 Å². The third-order valence-corrected chi connectivity index (χ3v) is 5.12. The van der Waals surface area contributed by atoms with Gasteiger partial charge in [-0.25, -0.2) is 0 Å². The first-order chi connectivity index (χ1) is 9.19. The number of nitrogens with one attached hydrogen (secondary N) is 1. The van der Waals surface area contributed by atoms with Crippen LogP contribution in [0.4, 0.5) is 0 Å². The summed E-state index contributed by atoms with van der Waals surface area (Å²) in [5.74, 6) is 0.312. The zero-order valence-corrected chi connectivity index (χ0v) is 14.1. The van der Waals surface area contributed by atoms with Gasteiger partial charge >= 0.3 is 0 Å². The van der Waals surface area contributed by atoms with Crippen molar-refractivity contribution >= 4 is 5.84 Å². The molecule has 0 atom stereocenters. The summed E-state index contributed by atoms with van der Waals surface area (Å²) in [6.07, 6.45) is 7.39. The SMILES string of the molecule is CN(CCCCC(C)(C)C(=N)N)CC1(N(C)C)CCC1. The van der Waals surface area contributed by atoms with Gasteiger partial charge in [0.2, 0.25) is 0 Å². The minimum absolute atomic E-state index is 0.141. The molecular weight excluding hydrogens is 248 g/mol. The van der Waals surface area contributed by atoms with Gasteiger partial charge in [0.1, 0.15) is 0 Å². The number of unbranched alkanes of at least 4 members (excludes halogenated alkanes) is 1. The van der Waals surface area contributed by atoms with Gasteiger partial charge in [-0.05, 0) is 59.8 Å². The number of hydrogen-bond acceptors (Lipinski definition) is 3. The molecule has 1 saturated carbocycles. The molecule has 4 heteroatoms. The molecule has 0 spiro atoms. The Bertz CT molecular complexity index is 318. The second kappa shape index (κ2) is 6.90. The summed E-state index contributed by atoms with van der Waals surface area (Å²) in [4.78, 5) is 4.88. The van der Waals surface area contributed by atoms with Crippen LogP contribution in [0.3, 0.4) is 0 Å². The monoisotopic (exact) mass is 282 g/mol. The first kappa shape index (κ1) is 17.4. The molecule has 20 heavy (non-hydrogen) atoms. The summed E-state index contributed by atoms with van der Waals surface area (Å²) in [6, 6.07) is 0. The Morgan fingerprint density at radius 2 is 1.80 bits per heavy atom. The molecule has 118 valence electrons. The summed E-state index contributed by atoms with van der Waals surface area (Å²) < 4.78 is 0. The van der Waals surface area contributed by atoms with Gasteiger partial charge in [0, 0.05) is 17.5 Å². The highest BCUT2D eigenvalue weighted by atomic mass is 15.2. The van der Waals surface area contributed by atoms with Gasteiger partial charge in [0.25, 0.3) is 0 Å². The molecule has 0 aromatic heterocycles. The van der Waals surface area contributed by atoms with Gasteiger partial charge in [-0.15, -0.1) is 0 Å². The fourth-order valence-electron chi connectivity index (χ4n) is 3.00. The van der Waals surface area contributed by atoms with E-state index in [4.69, 9.17) is 11.1 Å². The van der Waals surface area contributed by atoms with Crippen LogP contribution in [0.1, 0.15) is 52.4 Å². The molecule has 1 rings (SSSR count). The van der Waals surface area contributed by atoms with E-state index in [1.165, 1.54) is 32.2 Å². The van der Waals surface area contributed by atoms with Gasteiger partial charge in [-0.3, -0.25) is 5.41 Å². The average Bonchev–Trinajstić information content (AvgIpc) is 2.28. The average molecular weight is 282 g/mol. The molecule has 0 aliphatic heterocycles. The number of likely N-dealkylation sites (N-methyl/N-ethyl adjacent to an activating group) is 2. The smallest absolute Gasteiger partial charge is 0.0963 e. The van der Waals surface area contributed by atoms with Crippen LogP contribution in [0.5, 0.6) is 0 Å². The molecule has 0 radical (unpaired) electrons. The first-order valence-electron chi connectivity index (χ1n) is 7.90. The number of hydrogen-bond donors (Lipinski definition) is 2. The molecule has 0 amide bonds. The standard InChI is InChI=1S/C16H34N4/c1-15(2,14(17)18)9-6-7-12-20(5)13-16(19(3)4)10-8-11-16/h6-13H2,1-5H3,(H3,17,18). The Morgan fingerprint density at radius 3 is 2.20 bits per heavy atom. The van der Waals surface area contributed by atoms with Crippen LogP contribution in [0.2, 0.25) is 0 Å². The third kappa shape index (κ3) is 4.45. The number of nitrogens with two attached hydrogens (primary N) is 1. The van der Waals surface area contributed by atoms with Crippen molar-refractivity contribution in [2.45, 2.75) is 57.9 Å². The fraction of sp³-hybridized carbons (Fsp3) is 0.938. The van der Waals surface area contributed by atoms with Crippen LogP contribution in [-0.2, 0) is 0 Å². The molecule has 0 aromatic carbocycles. The minimum atomic E-state index is -0.141. The van der Waals surface area contributed by atoms with Crippen molar-refractivity contribution < 1.29 is 0 Å². The lowest BCUT2D eigenvalue weighted by Gasteiger charge is -2.49. The highest BCUT2D eigenvalue weighted by Crippen LogP contribution is 2.36. The van der Waals surface area contributed by atoms with E-state index in [0.29, 0.717) is 11.4 Å². The van der Waals surface area contributed by atoms with Crippen LogP contribution in [0.15, 0.2) is 0 Å². The molecule has 0 unspecified atom stereocenters.